The molecular weight excluding hydrogens is 732 g/mol. The molecule has 5 aromatic rings. The number of hydrogen-bond donors (Lipinski definition) is 2. The van der Waals surface area contributed by atoms with E-state index < -0.39 is 40.1 Å². The number of anilines is 3. The van der Waals surface area contributed by atoms with Crippen LogP contribution in [0.15, 0.2) is 103 Å². The predicted molar refractivity (Wildman–Crippen MR) is 204 cm³/mol. The van der Waals surface area contributed by atoms with Crippen LogP contribution in [0.5, 0.6) is 5.75 Å². The minimum Gasteiger partial charge on any atom is -0.495 e. The molecule has 0 radical (unpaired) electrons. The Balaban J connectivity index is 1.44. The average Bonchev–Trinajstić information content (AvgIpc) is 3.59. The van der Waals surface area contributed by atoms with Crippen molar-refractivity contribution < 1.29 is 41.4 Å². The molecule has 2 heterocycles. The number of nitrogens with zero attached hydrogens (tertiary/aromatic N) is 4. The van der Waals surface area contributed by atoms with Crippen LogP contribution in [0.25, 0.3) is 16.8 Å². The van der Waals surface area contributed by atoms with Gasteiger partial charge in [0, 0.05) is 29.8 Å². The van der Waals surface area contributed by atoms with Crippen molar-refractivity contribution in [3.8, 4) is 16.9 Å². The van der Waals surface area contributed by atoms with Crippen LogP contribution in [0.2, 0.25) is 0 Å². The maximum Gasteiger partial charge on any atom is 0.424 e. The Kier molecular flexibility index (Phi) is 12.3. The molecule has 0 saturated heterocycles. The maximum atomic E-state index is 13.9. The van der Waals surface area contributed by atoms with Gasteiger partial charge in [-0.3, -0.25) is 9.59 Å². The van der Waals surface area contributed by atoms with Crippen molar-refractivity contribution in [2.45, 2.75) is 50.3 Å². The van der Waals surface area contributed by atoms with Gasteiger partial charge in [0.1, 0.15) is 17.6 Å². The van der Waals surface area contributed by atoms with Crippen molar-refractivity contribution in [3.63, 3.8) is 0 Å². The zero-order valence-electron chi connectivity index (χ0n) is 30.8. The molecule has 0 aliphatic rings. The molecule has 0 aliphatic heterocycles. The van der Waals surface area contributed by atoms with Crippen LogP contribution >= 0.6 is 0 Å². The van der Waals surface area contributed by atoms with Gasteiger partial charge in [0.05, 0.1) is 23.6 Å². The van der Waals surface area contributed by atoms with E-state index >= 15 is 0 Å². The largest absolute Gasteiger partial charge is 0.495 e. The van der Waals surface area contributed by atoms with Crippen LogP contribution < -0.4 is 20.7 Å². The number of ether oxygens (including phenoxy) is 3. The zero-order valence-corrected chi connectivity index (χ0v) is 31.6. The standard InChI is InChI=1S/C39H41FN6O8S/c1-7-23(3)35(41)37(48)53-34(8-2)54-39(49)46(31-19-18-30(55(6,50)51)21-32(31)52-5)38-43-33-20-13-27(22-45(33)44-38)26-11-16-29(17-12-26)42-36(47)24(4)25-9-14-28(40)15-10-25/h8-24,34-35H,2,7,41H2,1,3-6H3,(H,42,47). The van der Waals surface area contributed by atoms with Crippen molar-refractivity contribution >= 4 is 50.8 Å². The number of fused-ring (bicyclic) bond motifs is 1. The van der Waals surface area contributed by atoms with Crippen LogP contribution in [-0.4, -0.2) is 66.7 Å². The van der Waals surface area contributed by atoms with E-state index in [-0.39, 0.29) is 39.9 Å². The second-order valence-corrected chi connectivity index (χ2v) is 14.8. The third-order valence-electron chi connectivity index (χ3n) is 8.94. The molecule has 0 bridgehead atoms. The number of esters is 1. The fraction of sp³-hybridized carbons (Fsp3) is 0.256. The number of aromatic nitrogens is 3. The second kappa shape index (κ2) is 16.9. The van der Waals surface area contributed by atoms with E-state index in [1.165, 1.54) is 42.0 Å². The normalized spacial score (nSPS) is 13.6. The molecule has 288 valence electrons. The van der Waals surface area contributed by atoms with Crippen LogP contribution in [-0.2, 0) is 28.9 Å². The Labute approximate surface area is 317 Å². The molecule has 0 aliphatic carbocycles. The number of halogens is 1. The summed E-state index contributed by atoms with van der Waals surface area (Å²) in [5.74, 6) is -2.37. The lowest BCUT2D eigenvalue weighted by Gasteiger charge is -2.24. The van der Waals surface area contributed by atoms with E-state index in [9.17, 15) is 27.2 Å². The predicted octanol–water partition coefficient (Wildman–Crippen LogP) is 6.39. The highest BCUT2D eigenvalue weighted by molar-refractivity contribution is 7.90. The van der Waals surface area contributed by atoms with Gasteiger partial charge < -0.3 is 25.3 Å². The lowest BCUT2D eigenvalue weighted by atomic mass is 10.00. The third kappa shape index (κ3) is 9.34. The molecule has 5 rings (SSSR count). The van der Waals surface area contributed by atoms with Crippen LogP contribution in [0.3, 0.4) is 0 Å². The molecule has 14 nitrogen and oxygen atoms in total. The number of nitrogens with one attached hydrogen (secondary N) is 1. The Morgan fingerprint density at radius 2 is 1.67 bits per heavy atom. The summed E-state index contributed by atoms with van der Waals surface area (Å²) in [5.41, 5.74) is 9.08. The number of methoxy groups -OCH3 is 1. The maximum absolute atomic E-state index is 13.9. The molecule has 2 amide bonds. The lowest BCUT2D eigenvalue weighted by Crippen LogP contribution is -2.41. The number of pyridine rings is 1. The molecule has 4 atom stereocenters. The molecule has 55 heavy (non-hydrogen) atoms. The summed E-state index contributed by atoms with van der Waals surface area (Å²) < 4.78 is 55.8. The number of carbonyl (C=O) groups excluding carboxylic acids is 3. The minimum absolute atomic E-state index is 0.0212. The molecule has 3 N–H and O–H groups in total. The topological polar surface area (TPSA) is 185 Å². The number of sulfone groups is 1. The van der Waals surface area contributed by atoms with Gasteiger partial charge >= 0.3 is 12.1 Å². The molecule has 2 aromatic heterocycles. The van der Waals surface area contributed by atoms with Gasteiger partial charge in [-0.15, -0.1) is 5.10 Å². The van der Waals surface area contributed by atoms with Gasteiger partial charge in [-0.2, -0.15) is 4.98 Å². The van der Waals surface area contributed by atoms with Crippen molar-refractivity contribution in [1.29, 1.82) is 0 Å². The number of rotatable bonds is 14. The molecule has 4 unspecified atom stereocenters. The number of benzene rings is 3. The second-order valence-electron chi connectivity index (χ2n) is 12.7. The van der Waals surface area contributed by atoms with Gasteiger partial charge in [-0.25, -0.2) is 27.0 Å². The van der Waals surface area contributed by atoms with Gasteiger partial charge in [-0.1, -0.05) is 51.1 Å². The van der Waals surface area contributed by atoms with Gasteiger partial charge in [0.25, 0.3) is 12.2 Å². The minimum atomic E-state index is -3.66. The Bertz CT molecular complexity index is 2320. The lowest BCUT2D eigenvalue weighted by molar-refractivity contribution is -0.163. The van der Waals surface area contributed by atoms with E-state index in [0.717, 1.165) is 22.8 Å². The zero-order chi connectivity index (χ0) is 40.0. The third-order valence-corrected chi connectivity index (χ3v) is 10.1. The highest BCUT2D eigenvalue weighted by Gasteiger charge is 2.32. The SMILES string of the molecule is C=CC(OC(=O)C(N)C(C)CC)OC(=O)N(c1nc2ccc(-c3ccc(NC(=O)C(C)c4ccc(F)cc4)cc3)cn2n1)c1ccc(S(C)(=O)=O)cc1OC. The summed E-state index contributed by atoms with van der Waals surface area (Å²) in [7, 11) is -2.36. The first-order valence-electron chi connectivity index (χ1n) is 17.1. The highest BCUT2D eigenvalue weighted by Crippen LogP contribution is 2.36. The van der Waals surface area contributed by atoms with E-state index in [1.54, 1.807) is 68.6 Å². The first-order valence-corrected chi connectivity index (χ1v) is 19.0. The van der Waals surface area contributed by atoms with E-state index in [4.69, 9.17) is 19.9 Å². The average molecular weight is 773 g/mol. The van der Waals surface area contributed by atoms with Gasteiger partial charge in [0.2, 0.25) is 5.91 Å². The molecule has 0 spiro atoms. The fourth-order valence-electron chi connectivity index (χ4n) is 5.35. The smallest absolute Gasteiger partial charge is 0.424 e. The molecular formula is C39H41FN6O8S. The molecule has 3 aromatic carbocycles. The van der Waals surface area contributed by atoms with Crippen LogP contribution in [0.4, 0.5) is 26.5 Å². The number of amides is 2. The highest BCUT2D eigenvalue weighted by atomic mass is 32.2. The van der Waals surface area contributed by atoms with Crippen molar-refractivity contribution in [2.75, 3.05) is 23.6 Å². The van der Waals surface area contributed by atoms with Crippen LogP contribution in [0, 0.1) is 11.7 Å². The summed E-state index contributed by atoms with van der Waals surface area (Å²) in [6.45, 7) is 8.99. The summed E-state index contributed by atoms with van der Waals surface area (Å²) in [5, 5.41) is 7.41. The van der Waals surface area contributed by atoms with Gasteiger partial charge in [0.15, 0.2) is 15.5 Å². The van der Waals surface area contributed by atoms with Crippen molar-refractivity contribution in [2.24, 2.45) is 11.7 Å². The van der Waals surface area contributed by atoms with E-state index in [1.807, 2.05) is 6.92 Å². The Morgan fingerprint density at radius 3 is 2.29 bits per heavy atom. The summed E-state index contributed by atoms with van der Waals surface area (Å²) in [4.78, 5) is 44.9. The molecule has 16 heteroatoms. The number of carbonyl (C=O) groups is 3. The first-order chi connectivity index (χ1) is 26.1. The van der Waals surface area contributed by atoms with Gasteiger partial charge in [-0.05, 0) is 78.6 Å². The van der Waals surface area contributed by atoms with Crippen LogP contribution in [0.1, 0.15) is 38.7 Å². The quantitative estimate of drug-likeness (QED) is 0.0724. The summed E-state index contributed by atoms with van der Waals surface area (Å²) >= 11 is 0. The number of hydrogen-bond acceptors (Lipinski definition) is 11. The molecule has 0 fully saturated rings. The fourth-order valence-corrected chi connectivity index (χ4v) is 5.99. The molecule has 0 saturated carbocycles. The Morgan fingerprint density at radius 1 is 1.00 bits per heavy atom. The summed E-state index contributed by atoms with van der Waals surface area (Å²) in [6, 6.07) is 19.2. The summed E-state index contributed by atoms with van der Waals surface area (Å²) in [6.07, 6.45) is 1.75. The first kappa shape index (κ1) is 40.1. The number of nitrogens with two attached hydrogens (primary N) is 1. The van der Waals surface area contributed by atoms with E-state index in [0.29, 0.717) is 28.9 Å². The monoisotopic (exact) mass is 772 g/mol. The Hall–Kier alpha value is -6.13. The van der Waals surface area contributed by atoms with E-state index in [2.05, 4.69) is 22.0 Å². The van der Waals surface area contributed by atoms with Crippen molar-refractivity contribution in [3.05, 3.63) is 109 Å². The van der Waals surface area contributed by atoms with Crippen molar-refractivity contribution in [1.82, 2.24) is 14.6 Å².